The predicted molar refractivity (Wildman–Crippen MR) is 104 cm³/mol. The van der Waals surface area contributed by atoms with Crippen LogP contribution in [-0.2, 0) is 24.0 Å². The van der Waals surface area contributed by atoms with Crippen molar-refractivity contribution in [2.45, 2.75) is 57.7 Å². The van der Waals surface area contributed by atoms with Crippen molar-refractivity contribution in [3.05, 3.63) is 0 Å². The molecule has 4 amide bonds. The molecule has 0 aliphatic rings. The van der Waals surface area contributed by atoms with E-state index in [1.807, 2.05) is 0 Å². The molecule has 0 aromatic heterocycles. The van der Waals surface area contributed by atoms with Crippen molar-refractivity contribution in [1.82, 2.24) is 16.0 Å². The number of carboxylic acid groups (broad SMARTS) is 1. The molecule has 0 aromatic carbocycles. The first kappa shape index (κ1) is 26.3. The fourth-order valence-corrected chi connectivity index (χ4v) is 2.38. The SMILES string of the molecule is CC(C)C(NC(=O)C(N)CC(N)=O)C(=O)NCC(=O)NC(CCCCN)C(=O)O. The molecule has 0 spiro atoms. The number of hydrogen-bond donors (Lipinski definition) is 7. The lowest BCUT2D eigenvalue weighted by Gasteiger charge is -2.23. The monoisotopic (exact) mass is 416 g/mol. The first-order valence-electron chi connectivity index (χ1n) is 9.33. The van der Waals surface area contributed by atoms with E-state index < -0.39 is 54.3 Å². The van der Waals surface area contributed by atoms with Gasteiger partial charge < -0.3 is 38.3 Å². The summed E-state index contributed by atoms with van der Waals surface area (Å²) in [6.45, 7) is 3.29. The zero-order chi connectivity index (χ0) is 22.6. The summed E-state index contributed by atoms with van der Waals surface area (Å²) in [6, 6.07) is -3.29. The summed E-state index contributed by atoms with van der Waals surface area (Å²) in [6.07, 6.45) is 1.01. The van der Waals surface area contributed by atoms with Crippen molar-refractivity contribution in [2.24, 2.45) is 23.1 Å². The van der Waals surface area contributed by atoms with Crippen LogP contribution in [0.25, 0.3) is 0 Å². The number of carboxylic acids is 1. The van der Waals surface area contributed by atoms with E-state index in [-0.39, 0.29) is 18.8 Å². The minimum Gasteiger partial charge on any atom is -0.480 e. The Bertz CT molecular complexity index is 597. The van der Waals surface area contributed by atoms with E-state index in [0.717, 1.165) is 0 Å². The largest absolute Gasteiger partial charge is 0.480 e. The maximum atomic E-state index is 12.3. The van der Waals surface area contributed by atoms with Crippen LogP contribution in [0.2, 0.25) is 0 Å². The van der Waals surface area contributed by atoms with Crippen molar-refractivity contribution in [1.29, 1.82) is 0 Å². The van der Waals surface area contributed by atoms with Crippen LogP contribution < -0.4 is 33.2 Å². The summed E-state index contributed by atoms with van der Waals surface area (Å²) in [5.41, 5.74) is 15.9. The van der Waals surface area contributed by atoms with Gasteiger partial charge in [0.1, 0.15) is 12.1 Å². The van der Waals surface area contributed by atoms with Crippen molar-refractivity contribution in [2.75, 3.05) is 13.1 Å². The quantitative estimate of drug-likeness (QED) is 0.146. The molecule has 0 saturated heterocycles. The van der Waals surface area contributed by atoms with Crippen LogP contribution >= 0.6 is 0 Å². The Balaban J connectivity index is 4.70. The highest BCUT2D eigenvalue weighted by Crippen LogP contribution is 2.03. The molecule has 12 heteroatoms. The minimum absolute atomic E-state index is 0.217. The van der Waals surface area contributed by atoms with E-state index in [1.54, 1.807) is 13.8 Å². The van der Waals surface area contributed by atoms with Gasteiger partial charge in [-0.05, 0) is 31.7 Å². The van der Waals surface area contributed by atoms with Gasteiger partial charge in [-0.1, -0.05) is 13.8 Å². The second-order valence-corrected chi connectivity index (χ2v) is 6.97. The molecule has 0 radical (unpaired) electrons. The summed E-state index contributed by atoms with van der Waals surface area (Å²) in [5.74, 6) is -4.34. The number of hydrogen-bond acceptors (Lipinski definition) is 7. The molecule has 12 nitrogen and oxygen atoms in total. The lowest BCUT2D eigenvalue weighted by molar-refractivity contribution is -0.142. The van der Waals surface area contributed by atoms with E-state index in [4.69, 9.17) is 22.3 Å². The summed E-state index contributed by atoms with van der Waals surface area (Å²) in [4.78, 5) is 58.4. The number of nitrogens with two attached hydrogens (primary N) is 3. The molecule has 0 fully saturated rings. The first-order chi connectivity index (χ1) is 13.5. The van der Waals surface area contributed by atoms with Crippen molar-refractivity contribution in [3.8, 4) is 0 Å². The molecule has 0 rings (SSSR count). The average Bonchev–Trinajstić information content (AvgIpc) is 2.62. The fraction of sp³-hybridized carbons (Fsp3) is 0.706. The van der Waals surface area contributed by atoms with Crippen LogP contribution in [-0.4, -0.2) is 65.9 Å². The lowest BCUT2D eigenvalue weighted by Crippen LogP contribution is -2.55. The Hall–Kier alpha value is -2.73. The first-order valence-corrected chi connectivity index (χ1v) is 9.33. The Morgan fingerprint density at radius 3 is 2.10 bits per heavy atom. The maximum absolute atomic E-state index is 12.3. The number of rotatable bonds is 14. The zero-order valence-corrected chi connectivity index (χ0v) is 16.8. The second kappa shape index (κ2) is 13.4. The molecule has 0 heterocycles. The molecule has 166 valence electrons. The standard InChI is InChI=1S/C17H32N6O6/c1-9(2)14(23-15(26)10(19)7-12(20)24)16(27)21-8-13(25)22-11(17(28)29)5-3-4-6-18/h9-11,14H,3-8,18-19H2,1-2H3,(H2,20,24)(H,21,27)(H,22,25)(H,23,26)(H,28,29). The minimum atomic E-state index is -1.20. The number of nitrogens with one attached hydrogen (secondary N) is 3. The number of primary amides is 1. The summed E-state index contributed by atoms with van der Waals surface area (Å²) >= 11 is 0. The van der Waals surface area contributed by atoms with Gasteiger partial charge in [0.15, 0.2) is 0 Å². The van der Waals surface area contributed by atoms with Gasteiger partial charge in [0.2, 0.25) is 23.6 Å². The molecule has 3 atom stereocenters. The Labute approximate surface area is 169 Å². The van der Waals surface area contributed by atoms with Gasteiger partial charge in [-0.15, -0.1) is 0 Å². The van der Waals surface area contributed by atoms with Crippen LogP contribution in [0.3, 0.4) is 0 Å². The van der Waals surface area contributed by atoms with Gasteiger partial charge in [0.05, 0.1) is 19.0 Å². The van der Waals surface area contributed by atoms with Crippen LogP contribution in [0, 0.1) is 5.92 Å². The van der Waals surface area contributed by atoms with Crippen LogP contribution in [0.15, 0.2) is 0 Å². The van der Waals surface area contributed by atoms with E-state index in [0.29, 0.717) is 19.4 Å². The molecular formula is C17H32N6O6. The number of amides is 4. The van der Waals surface area contributed by atoms with Crippen LogP contribution in [0.1, 0.15) is 39.5 Å². The van der Waals surface area contributed by atoms with E-state index in [1.165, 1.54) is 0 Å². The molecule has 0 aliphatic heterocycles. The Morgan fingerprint density at radius 2 is 1.62 bits per heavy atom. The highest BCUT2D eigenvalue weighted by atomic mass is 16.4. The van der Waals surface area contributed by atoms with Gasteiger partial charge >= 0.3 is 5.97 Å². The lowest BCUT2D eigenvalue weighted by atomic mass is 10.0. The number of carbonyl (C=O) groups excluding carboxylic acids is 4. The molecule has 29 heavy (non-hydrogen) atoms. The number of unbranched alkanes of at least 4 members (excludes halogenated alkanes) is 1. The predicted octanol–water partition coefficient (Wildman–Crippen LogP) is -2.86. The van der Waals surface area contributed by atoms with Crippen molar-refractivity contribution >= 4 is 29.6 Å². The maximum Gasteiger partial charge on any atom is 0.326 e. The fourth-order valence-electron chi connectivity index (χ4n) is 2.38. The van der Waals surface area contributed by atoms with Gasteiger partial charge in [0, 0.05) is 0 Å². The molecule has 0 saturated carbocycles. The summed E-state index contributed by atoms with van der Waals surface area (Å²) in [7, 11) is 0. The molecule has 0 aromatic rings. The number of carbonyl (C=O) groups is 5. The molecular weight excluding hydrogens is 384 g/mol. The third-order valence-electron chi connectivity index (χ3n) is 4.01. The topological polar surface area (TPSA) is 220 Å². The molecule has 3 unspecified atom stereocenters. The van der Waals surface area contributed by atoms with Crippen molar-refractivity contribution < 1.29 is 29.1 Å². The van der Waals surface area contributed by atoms with Gasteiger partial charge in [-0.2, -0.15) is 0 Å². The Morgan fingerprint density at radius 1 is 1.00 bits per heavy atom. The smallest absolute Gasteiger partial charge is 0.326 e. The van der Waals surface area contributed by atoms with E-state index in [9.17, 15) is 24.0 Å². The molecule has 0 bridgehead atoms. The Kier molecular flexibility index (Phi) is 12.2. The van der Waals surface area contributed by atoms with Gasteiger partial charge in [0.25, 0.3) is 0 Å². The average molecular weight is 416 g/mol. The van der Waals surface area contributed by atoms with Crippen LogP contribution in [0.4, 0.5) is 0 Å². The number of aliphatic carboxylic acids is 1. The summed E-state index contributed by atoms with van der Waals surface area (Å²) in [5, 5.41) is 16.2. The second-order valence-electron chi connectivity index (χ2n) is 6.97. The third-order valence-corrected chi connectivity index (χ3v) is 4.01. The van der Waals surface area contributed by atoms with Crippen LogP contribution in [0.5, 0.6) is 0 Å². The van der Waals surface area contributed by atoms with E-state index >= 15 is 0 Å². The van der Waals surface area contributed by atoms with E-state index in [2.05, 4.69) is 16.0 Å². The highest BCUT2D eigenvalue weighted by Gasteiger charge is 2.27. The van der Waals surface area contributed by atoms with Crippen molar-refractivity contribution in [3.63, 3.8) is 0 Å². The molecule has 0 aliphatic carbocycles. The zero-order valence-electron chi connectivity index (χ0n) is 16.8. The normalized spacial score (nSPS) is 13.8. The third kappa shape index (κ3) is 11.0. The summed E-state index contributed by atoms with van der Waals surface area (Å²) < 4.78 is 0. The van der Waals surface area contributed by atoms with Gasteiger partial charge in [-0.25, -0.2) is 4.79 Å². The highest BCUT2D eigenvalue weighted by molar-refractivity contribution is 5.94. The van der Waals surface area contributed by atoms with Gasteiger partial charge in [-0.3, -0.25) is 19.2 Å². The molecule has 10 N–H and O–H groups in total.